The summed E-state index contributed by atoms with van der Waals surface area (Å²) in [5.41, 5.74) is 0.851. The van der Waals surface area contributed by atoms with Gasteiger partial charge in [-0.25, -0.2) is 9.67 Å². The average molecular weight is 401 g/mol. The Morgan fingerprint density at radius 2 is 2.14 bits per heavy atom. The molecule has 2 fully saturated rings. The molecule has 0 spiro atoms. The van der Waals surface area contributed by atoms with E-state index in [2.05, 4.69) is 25.8 Å². The number of amides is 2. The lowest BCUT2D eigenvalue weighted by Gasteiger charge is -2.32. The van der Waals surface area contributed by atoms with Crippen LogP contribution in [-0.2, 0) is 9.59 Å². The Labute approximate surface area is 167 Å². The lowest BCUT2D eigenvalue weighted by atomic mass is 9.97. The van der Waals surface area contributed by atoms with Gasteiger partial charge in [-0.15, -0.1) is 5.10 Å². The summed E-state index contributed by atoms with van der Waals surface area (Å²) in [6.45, 7) is 3.00. The third kappa shape index (κ3) is 4.49. The minimum atomic E-state index is -0.221. The Morgan fingerprint density at radius 3 is 2.93 bits per heavy atom. The van der Waals surface area contributed by atoms with Crippen molar-refractivity contribution in [1.29, 1.82) is 0 Å². The summed E-state index contributed by atoms with van der Waals surface area (Å²) in [6.07, 6.45) is 3.76. The first-order valence-corrected chi connectivity index (χ1v) is 10.5. The first kappa shape index (κ1) is 18.9. The molecule has 4 rings (SSSR count). The molecule has 1 aliphatic carbocycles. The van der Waals surface area contributed by atoms with Crippen molar-refractivity contribution >= 4 is 29.4 Å². The third-order valence-electron chi connectivity index (χ3n) is 4.96. The molecular weight excluding hydrogens is 378 g/mol. The van der Waals surface area contributed by atoms with Gasteiger partial charge in [0.05, 0.1) is 17.7 Å². The van der Waals surface area contributed by atoms with Gasteiger partial charge in [-0.05, 0) is 55.2 Å². The van der Waals surface area contributed by atoms with Crippen molar-refractivity contribution in [3.05, 3.63) is 23.9 Å². The number of pyridine rings is 1. The first-order valence-electron chi connectivity index (χ1n) is 9.53. The van der Waals surface area contributed by atoms with Crippen LogP contribution in [0, 0.1) is 12.8 Å². The van der Waals surface area contributed by atoms with E-state index in [0.29, 0.717) is 30.1 Å². The molecule has 0 radical (unpaired) electrons. The molecule has 2 amide bonds. The summed E-state index contributed by atoms with van der Waals surface area (Å²) < 4.78 is 1.80. The lowest BCUT2D eigenvalue weighted by molar-refractivity contribution is -0.132. The van der Waals surface area contributed by atoms with Crippen LogP contribution in [0.4, 0.5) is 5.82 Å². The molecule has 0 bridgehead atoms. The quantitative estimate of drug-likeness (QED) is 0.734. The van der Waals surface area contributed by atoms with E-state index in [0.717, 1.165) is 31.4 Å². The van der Waals surface area contributed by atoms with Crippen molar-refractivity contribution in [2.24, 2.45) is 5.92 Å². The van der Waals surface area contributed by atoms with Gasteiger partial charge < -0.3 is 10.2 Å². The van der Waals surface area contributed by atoms with E-state index >= 15 is 0 Å². The van der Waals surface area contributed by atoms with Crippen molar-refractivity contribution in [3.63, 3.8) is 0 Å². The van der Waals surface area contributed by atoms with Crippen LogP contribution in [0.3, 0.4) is 0 Å². The zero-order valence-electron chi connectivity index (χ0n) is 15.7. The van der Waals surface area contributed by atoms with Crippen LogP contribution in [-0.4, -0.2) is 60.7 Å². The number of hydrogen-bond acceptors (Lipinski definition) is 7. The number of carbonyl (C=O) groups excluding carboxylic acids is 2. The summed E-state index contributed by atoms with van der Waals surface area (Å²) in [5, 5.41) is 15.3. The van der Waals surface area contributed by atoms with Crippen LogP contribution in [0.2, 0.25) is 0 Å². The first-order chi connectivity index (χ1) is 13.6. The molecule has 3 heterocycles. The van der Waals surface area contributed by atoms with Gasteiger partial charge >= 0.3 is 0 Å². The highest BCUT2D eigenvalue weighted by molar-refractivity contribution is 7.99. The van der Waals surface area contributed by atoms with Gasteiger partial charge in [0.25, 0.3) is 0 Å². The molecule has 0 aromatic carbocycles. The molecule has 1 aliphatic heterocycles. The number of tetrazole rings is 1. The molecule has 1 N–H and O–H groups in total. The maximum Gasteiger partial charge on any atom is 0.233 e. The topological polar surface area (TPSA) is 106 Å². The second-order valence-corrected chi connectivity index (χ2v) is 8.20. The Bertz CT molecular complexity index is 867. The van der Waals surface area contributed by atoms with E-state index in [1.54, 1.807) is 15.6 Å². The number of carbonyl (C=O) groups is 2. The van der Waals surface area contributed by atoms with Gasteiger partial charge in [0.15, 0.2) is 0 Å². The van der Waals surface area contributed by atoms with E-state index in [9.17, 15) is 9.59 Å². The van der Waals surface area contributed by atoms with Gasteiger partial charge in [0.2, 0.25) is 17.0 Å². The molecule has 2 aliphatic rings. The Hall–Kier alpha value is -2.49. The maximum atomic E-state index is 12.6. The van der Waals surface area contributed by atoms with E-state index in [4.69, 9.17) is 0 Å². The van der Waals surface area contributed by atoms with Crippen LogP contribution in [0.15, 0.2) is 23.4 Å². The smallest absolute Gasteiger partial charge is 0.233 e. The lowest BCUT2D eigenvalue weighted by Crippen LogP contribution is -2.44. The van der Waals surface area contributed by atoms with Crippen LogP contribution < -0.4 is 5.32 Å². The predicted molar refractivity (Wildman–Crippen MR) is 104 cm³/mol. The standard InChI is InChI=1S/C18H23N7O2S/c1-12-4-2-6-15(19-12)20-17(27)13-5-3-9-24(10-13)16(26)11-28-18-21-22-23-25(18)14-7-8-14/h2,4,6,13-14H,3,5,7-11H2,1H3,(H,19,20,27). The number of nitrogens with one attached hydrogen (secondary N) is 1. The molecular formula is C18H23N7O2S. The van der Waals surface area contributed by atoms with Gasteiger partial charge in [-0.2, -0.15) is 0 Å². The number of hydrogen-bond donors (Lipinski definition) is 1. The van der Waals surface area contributed by atoms with E-state index < -0.39 is 0 Å². The van der Waals surface area contributed by atoms with Gasteiger partial charge in [-0.1, -0.05) is 17.8 Å². The average Bonchev–Trinajstić information content (AvgIpc) is 3.44. The molecule has 1 saturated carbocycles. The monoisotopic (exact) mass is 401 g/mol. The van der Waals surface area contributed by atoms with Crippen LogP contribution in [0.1, 0.15) is 37.4 Å². The predicted octanol–water partition coefficient (Wildman–Crippen LogP) is 1.68. The van der Waals surface area contributed by atoms with Crippen LogP contribution >= 0.6 is 11.8 Å². The Balaban J connectivity index is 1.30. The van der Waals surface area contributed by atoms with E-state index in [-0.39, 0.29) is 23.5 Å². The second kappa shape index (κ2) is 8.26. The molecule has 2 aromatic heterocycles. The summed E-state index contributed by atoms with van der Waals surface area (Å²) in [7, 11) is 0. The van der Waals surface area contributed by atoms with Crippen LogP contribution in [0.5, 0.6) is 0 Å². The number of nitrogens with zero attached hydrogens (tertiary/aromatic N) is 6. The van der Waals surface area contributed by atoms with Crippen molar-refractivity contribution in [3.8, 4) is 0 Å². The van der Waals surface area contributed by atoms with E-state index in [1.165, 1.54) is 11.8 Å². The number of aryl methyl sites for hydroxylation is 1. The minimum absolute atomic E-state index is 0.0153. The molecule has 1 unspecified atom stereocenters. The molecule has 28 heavy (non-hydrogen) atoms. The number of piperidine rings is 1. The normalized spacial score (nSPS) is 19.5. The zero-order chi connectivity index (χ0) is 19.5. The molecule has 148 valence electrons. The van der Waals surface area contributed by atoms with Crippen molar-refractivity contribution in [2.45, 2.75) is 43.8 Å². The van der Waals surface area contributed by atoms with Crippen molar-refractivity contribution in [2.75, 3.05) is 24.2 Å². The highest BCUT2D eigenvalue weighted by Crippen LogP contribution is 2.36. The van der Waals surface area contributed by atoms with E-state index in [1.807, 2.05) is 19.1 Å². The third-order valence-corrected chi connectivity index (χ3v) is 5.88. The number of anilines is 1. The van der Waals surface area contributed by atoms with Crippen LogP contribution in [0.25, 0.3) is 0 Å². The number of likely N-dealkylation sites (tertiary alicyclic amines) is 1. The fourth-order valence-electron chi connectivity index (χ4n) is 3.30. The molecule has 2 aromatic rings. The zero-order valence-corrected chi connectivity index (χ0v) is 16.6. The van der Waals surface area contributed by atoms with Crippen molar-refractivity contribution < 1.29 is 9.59 Å². The number of thioether (sulfide) groups is 1. The largest absolute Gasteiger partial charge is 0.341 e. The summed E-state index contributed by atoms with van der Waals surface area (Å²) in [5.74, 6) is 0.543. The number of rotatable bonds is 6. The van der Waals surface area contributed by atoms with Crippen molar-refractivity contribution in [1.82, 2.24) is 30.1 Å². The Kier molecular flexibility index (Phi) is 5.56. The highest BCUT2D eigenvalue weighted by atomic mass is 32.2. The van der Waals surface area contributed by atoms with Gasteiger partial charge in [-0.3, -0.25) is 9.59 Å². The molecule has 10 heteroatoms. The maximum absolute atomic E-state index is 12.6. The highest BCUT2D eigenvalue weighted by Gasteiger charge is 2.30. The second-order valence-electron chi connectivity index (χ2n) is 7.26. The summed E-state index contributed by atoms with van der Waals surface area (Å²) in [4.78, 5) is 31.3. The summed E-state index contributed by atoms with van der Waals surface area (Å²) >= 11 is 1.36. The van der Waals surface area contributed by atoms with Gasteiger partial charge in [0.1, 0.15) is 5.82 Å². The molecule has 1 saturated heterocycles. The Morgan fingerprint density at radius 1 is 1.29 bits per heavy atom. The molecule has 9 nitrogen and oxygen atoms in total. The summed E-state index contributed by atoms with van der Waals surface area (Å²) in [6, 6.07) is 5.90. The fraction of sp³-hybridized carbons (Fsp3) is 0.556. The minimum Gasteiger partial charge on any atom is -0.341 e. The molecule has 1 atom stereocenters. The number of aromatic nitrogens is 5. The fourth-order valence-corrected chi connectivity index (χ4v) is 4.15. The van der Waals surface area contributed by atoms with Gasteiger partial charge in [0, 0.05) is 18.8 Å². The SMILES string of the molecule is Cc1cccc(NC(=O)C2CCCN(C(=O)CSc3nnnn3C3CC3)C2)n1.